The Morgan fingerprint density at radius 3 is 2.77 bits per heavy atom. The van der Waals surface area contributed by atoms with Gasteiger partial charge in [0.1, 0.15) is 0 Å². The van der Waals surface area contributed by atoms with Gasteiger partial charge in [0.05, 0.1) is 10.7 Å². The largest absolute Gasteiger partial charge is 0.313 e. The molecule has 66 valence electrons. The lowest BCUT2D eigenvalue weighted by molar-refractivity contribution is -0.115. The van der Waals surface area contributed by atoms with Crippen molar-refractivity contribution >= 4 is 23.2 Å². The van der Waals surface area contributed by atoms with Crippen LogP contribution in [0.4, 0.5) is 5.69 Å². The number of hydrogen-bond acceptors (Lipinski definition) is 2. The molecule has 1 aromatic rings. The van der Waals surface area contributed by atoms with E-state index in [0.717, 1.165) is 0 Å². The van der Waals surface area contributed by atoms with E-state index in [-0.39, 0.29) is 0 Å². The molecule has 0 heterocycles. The van der Waals surface area contributed by atoms with Crippen molar-refractivity contribution in [1.29, 1.82) is 0 Å². The molecule has 0 aliphatic carbocycles. The zero-order chi connectivity index (χ0) is 9.68. The average molecular weight is 195 g/mol. The van der Waals surface area contributed by atoms with Crippen LogP contribution in [0.25, 0.3) is 0 Å². The predicted octanol–water partition coefficient (Wildman–Crippen LogP) is 1.42. The lowest BCUT2D eigenvalue weighted by Gasteiger charge is -2.06. The van der Waals surface area contributed by atoms with Gasteiger partial charge in [0.2, 0.25) is 0 Å². The van der Waals surface area contributed by atoms with Crippen LogP contribution in [-0.4, -0.2) is 5.91 Å². The Hall–Kier alpha value is -1.66. The minimum absolute atomic E-state index is 0.514. The van der Waals surface area contributed by atoms with Gasteiger partial charge in [-0.3, -0.25) is 15.6 Å². The first-order valence-corrected chi connectivity index (χ1v) is 3.89. The molecule has 3 nitrogen and oxygen atoms in total. The van der Waals surface area contributed by atoms with Crippen LogP contribution in [0.15, 0.2) is 24.3 Å². The number of terminal acetylenes is 1. The minimum Gasteiger partial charge on any atom is -0.296 e. The number of nitrogens with one attached hydrogen (secondary N) is 2. The second kappa shape index (κ2) is 4.39. The molecule has 0 unspecified atom stereocenters. The summed E-state index contributed by atoms with van der Waals surface area (Å²) in [5.74, 6) is 1.36. The molecule has 2 N–H and O–H groups in total. The Morgan fingerprint density at radius 2 is 2.15 bits per heavy atom. The smallest absolute Gasteiger partial charge is 0.296 e. The van der Waals surface area contributed by atoms with Crippen LogP contribution in [0, 0.1) is 12.3 Å². The molecule has 0 aliphatic heterocycles. The molecule has 4 heteroatoms. The minimum atomic E-state index is -0.542. The van der Waals surface area contributed by atoms with Crippen molar-refractivity contribution < 1.29 is 4.79 Å². The summed E-state index contributed by atoms with van der Waals surface area (Å²) in [7, 11) is 0. The molecule has 0 saturated carbocycles. The number of anilines is 1. The summed E-state index contributed by atoms with van der Waals surface area (Å²) in [6.45, 7) is 0. The van der Waals surface area contributed by atoms with Crippen molar-refractivity contribution in [3.05, 3.63) is 29.3 Å². The van der Waals surface area contributed by atoms with Crippen molar-refractivity contribution in [2.24, 2.45) is 0 Å². The number of carbonyl (C=O) groups is 1. The van der Waals surface area contributed by atoms with E-state index in [0.29, 0.717) is 10.7 Å². The van der Waals surface area contributed by atoms with Gasteiger partial charge in [-0.25, -0.2) is 0 Å². The predicted molar refractivity (Wildman–Crippen MR) is 52.1 cm³/mol. The van der Waals surface area contributed by atoms with Crippen LogP contribution in [0.1, 0.15) is 0 Å². The van der Waals surface area contributed by atoms with Crippen molar-refractivity contribution in [1.82, 2.24) is 5.43 Å². The molecule has 0 atom stereocenters. The molecule has 0 spiro atoms. The van der Waals surface area contributed by atoms with E-state index in [1.54, 1.807) is 24.3 Å². The summed E-state index contributed by atoms with van der Waals surface area (Å²) in [5, 5.41) is 0.514. The van der Waals surface area contributed by atoms with Gasteiger partial charge >= 0.3 is 5.91 Å². The van der Waals surface area contributed by atoms with Crippen molar-refractivity contribution in [3.63, 3.8) is 0 Å². The Balaban J connectivity index is 2.61. The van der Waals surface area contributed by atoms with Gasteiger partial charge in [-0.2, -0.15) is 0 Å². The van der Waals surface area contributed by atoms with Gasteiger partial charge in [0.15, 0.2) is 0 Å². The third kappa shape index (κ3) is 2.69. The summed E-state index contributed by atoms with van der Waals surface area (Å²) in [4.78, 5) is 10.6. The van der Waals surface area contributed by atoms with Crippen LogP contribution < -0.4 is 10.9 Å². The highest BCUT2D eigenvalue weighted by Gasteiger charge is 1.98. The quantitative estimate of drug-likeness (QED) is 0.552. The highest BCUT2D eigenvalue weighted by molar-refractivity contribution is 6.33. The Labute approximate surface area is 81.1 Å². The number of hydrogen-bond donors (Lipinski definition) is 2. The van der Waals surface area contributed by atoms with E-state index in [1.807, 2.05) is 5.92 Å². The van der Waals surface area contributed by atoms with Crippen LogP contribution in [0.3, 0.4) is 0 Å². The lowest BCUT2D eigenvalue weighted by Crippen LogP contribution is -2.27. The van der Waals surface area contributed by atoms with E-state index in [2.05, 4.69) is 10.9 Å². The van der Waals surface area contributed by atoms with Crippen molar-refractivity contribution in [2.45, 2.75) is 0 Å². The fourth-order valence-electron chi connectivity index (χ4n) is 0.723. The third-order valence-corrected chi connectivity index (χ3v) is 1.65. The van der Waals surface area contributed by atoms with Crippen molar-refractivity contribution in [2.75, 3.05) is 5.43 Å². The maximum absolute atomic E-state index is 10.6. The van der Waals surface area contributed by atoms with Gasteiger partial charge in [-0.15, -0.1) is 6.42 Å². The van der Waals surface area contributed by atoms with E-state index in [1.165, 1.54) is 0 Å². The number of halogens is 1. The van der Waals surface area contributed by atoms with E-state index in [4.69, 9.17) is 18.0 Å². The van der Waals surface area contributed by atoms with Crippen LogP contribution in [0.2, 0.25) is 5.02 Å². The highest BCUT2D eigenvalue weighted by Crippen LogP contribution is 2.18. The summed E-state index contributed by atoms with van der Waals surface area (Å²) >= 11 is 5.79. The number of rotatable bonds is 2. The summed E-state index contributed by atoms with van der Waals surface area (Å²) in [6.07, 6.45) is 4.84. The normalized spacial score (nSPS) is 8.62. The zero-order valence-electron chi connectivity index (χ0n) is 6.67. The number of para-hydroxylation sites is 1. The Kier molecular flexibility index (Phi) is 3.18. The molecular weight excluding hydrogens is 188 g/mol. The fourth-order valence-corrected chi connectivity index (χ4v) is 0.906. The molecule has 0 aliphatic rings. The van der Waals surface area contributed by atoms with E-state index in [9.17, 15) is 4.79 Å². The highest BCUT2D eigenvalue weighted by atomic mass is 35.5. The van der Waals surface area contributed by atoms with Gasteiger partial charge in [0, 0.05) is 0 Å². The fraction of sp³-hybridized carbons (Fsp3) is 0. The molecule has 0 radical (unpaired) electrons. The summed E-state index contributed by atoms with van der Waals surface area (Å²) < 4.78 is 0. The van der Waals surface area contributed by atoms with Crippen LogP contribution in [0.5, 0.6) is 0 Å². The average Bonchev–Trinajstić information content (AvgIpc) is 2.16. The van der Waals surface area contributed by atoms with Gasteiger partial charge < -0.3 is 0 Å². The van der Waals surface area contributed by atoms with E-state index < -0.39 is 5.91 Å². The van der Waals surface area contributed by atoms with Gasteiger partial charge in [-0.05, 0) is 18.1 Å². The molecular formula is C9H7ClN2O. The third-order valence-electron chi connectivity index (χ3n) is 1.32. The SMILES string of the molecule is C#CC(=O)NNc1ccccc1Cl. The molecule has 0 aromatic heterocycles. The maximum Gasteiger partial charge on any atom is 0.313 e. The standard InChI is InChI=1S/C9H7ClN2O/c1-2-9(13)12-11-8-6-4-3-5-7(8)10/h1,3-6,11H,(H,12,13). The molecule has 0 saturated heterocycles. The lowest BCUT2D eigenvalue weighted by atomic mass is 10.3. The number of amides is 1. The number of carbonyl (C=O) groups excluding carboxylic acids is 1. The van der Waals surface area contributed by atoms with Gasteiger partial charge in [-0.1, -0.05) is 23.7 Å². The van der Waals surface area contributed by atoms with Gasteiger partial charge in [0.25, 0.3) is 0 Å². The number of benzene rings is 1. The Morgan fingerprint density at radius 1 is 1.46 bits per heavy atom. The molecule has 1 amide bonds. The van der Waals surface area contributed by atoms with Crippen LogP contribution >= 0.6 is 11.6 Å². The topological polar surface area (TPSA) is 41.1 Å². The monoisotopic (exact) mass is 194 g/mol. The first-order chi connectivity index (χ1) is 6.24. The second-order valence-electron chi connectivity index (χ2n) is 2.20. The summed E-state index contributed by atoms with van der Waals surface area (Å²) in [6, 6.07) is 7.00. The second-order valence-corrected chi connectivity index (χ2v) is 2.61. The van der Waals surface area contributed by atoms with Crippen molar-refractivity contribution in [3.8, 4) is 12.3 Å². The zero-order valence-corrected chi connectivity index (χ0v) is 7.43. The molecule has 1 rings (SSSR count). The summed E-state index contributed by atoms with van der Waals surface area (Å²) in [5.41, 5.74) is 5.47. The molecule has 13 heavy (non-hydrogen) atoms. The Bertz CT molecular complexity index is 357. The first-order valence-electron chi connectivity index (χ1n) is 3.51. The maximum atomic E-state index is 10.6. The molecule has 0 bridgehead atoms. The molecule has 1 aromatic carbocycles. The van der Waals surface area contributed by atoms with Crippen LogP contribution in [-0.2, 0) is 4.79 Å². The first kappa shape index (κ1) is 9.43. The number of hydrazine groups is 1. The van der Waals surface area contributed by atoms with E-state index >= 15 is 0 Å². The molecule has 0 fully saturated rings.